The summed E-state index contributed by atoms with van der Waals surface area (Å²) < 4.78 is 0. The number of aryl methyl sites for hydroxylation is 1. The molecule has 0 amide bonds. The summed E-state index contributed by atoms with van der Waals surface area (Å²) in [7, 11) is 0. The van der Waals surface area contributed by atoms with Crippen LogP contribution in [0.25, 0.3) is 0 Å². The van der Waals surface area contributed by atoms with Gasteiger partial charge in [0.25, 0.3) is 0 Å². The third-order valence-corrected chi connectivity index (χ3v) is 4.43. The summed E-state index contributed by atoms with van der Waals surface area (Å²) >= 11 is 0. The molecule has 86 valence electrons. The van der Waals surface area contributed by atoms with Crippen molar-refractivity contribution in [2.75, 3.05) is 0 Å². The van der Waals surface area contributed by atoms with Crippen molar-refractivity contribution in [3.8, 4) is 0 Å². The Morgan fingerprint density at radius 1 is 1.24 bits per heavy atom. The van der Waals surface area contributed by atoms with Gasteiger partial charge in [0.2, 0.25) is 0 Å². The highest BCUT2D eigenvalue weighted by Crippen LogP contribution is 2.57. The molecule has 1 aromatic carbocycles. The van der Waals surface area contributed by atoms with E-state index in [1.165, 1.54) is 36.9 Å². The summed E-state index contributed by atoms with van der Waals surface area (Å²) in [5.74, 6) is 0. The van der Waals surface area contributed by atoms with Crippen LogP contribution in [-0.2, 0) is 18.3 Å². The molecule has 2 aromatic rings. The molecule has 0 bridgehead atoms. The molecule has 1 aromatic heterocycles. The molecule has 2 heteroatoms. The second-order valence-electron chi connectivity index (χ2n) is 5.49. The van der Waals surface area contributed by atoms with E-state index in [0.29, 0.717) is 5.41 Å². The molecule has 2 aliphatic carbocycles. The summed E-state index contributed by atoms with van der Waals surface area (Å²) in [6.07, 6.45) is 10.2. The molecule has 2 aliphatic rings. The highest BCUT2D eigenvalue weighted by molar-refractivity contribution is 5.49. The van der Waals surface area contributed by atoms with Crippen LogP contribution in [-0.4, -0.2) is 9.97 Å². The highest BCUT2D eigenvalue weighted by atomic mass is 14.9. The van der Waals surface area contributed by atoms with Gasteiger partial charge in [0, 0.05) is 18.3 Å². The van der Waals surface area contributed by atoms with E-state index in [1.807, 2.05) is 6.20 Å². The van der Waals surface area contributed by atoms with Crippen molar-refractivity contribution in [3.63, 3.8) is 0 Å². The van der Waals surface area contributed by atoms with E-state index in [-0.39, 0.29) is 0 Å². The lowest BCUT2D eigenvalue weighted by atomic mass is 9.91. The van der Waals surface area contributed by atoms with Crippen LogP contribution >= 0.6 is 0 Å². The van der Waals surface area contributed by atoms with E-state index in [0.717, 1.165) is 6.42 Å². The first-order chi connectivity index (χ1) is 8.37. The third-order valence-electron chi connectivity index (χ3n) is 4.43. The van der Waals surface area contributed by atoms with Crippen molar-refractivity contribution in [3.05, 3.63) is 53.1 Å². The zero-order chi connectivity index (χ0) is 11.3. The lowest BCUT2D eigenvalue weighted by Gasteiger charge is -2.14. The Balaban J connectivity index is 1.79. The smallest absolute Gasteiger partial charge is 0.0921 e. The maximum absolute atomic E-state index is 4.11. The van der Waals surface area contributed by atoms with Crippen molar-refractivity contribution in [2.24, 2.45) is 0 Å². The van der Waals surface area contributed by atoms with Gasteiger partial charge in [0.05, 0.1) is 6.33 Å². The van der Waals surface area contributed by atoms with Gasteiger partial charge in [-0.25, -0.2) is 4.98 Å². The Morgan fingerprint density at radius 2 is 2.18 bits per heavy atom. The second-order valence-corrected chi connectivity index (χ2v) is 5.49. The fourth-order valence-corrected chi connectivity index (χ4v) is 3.43. The van der Waals surface area contributed by atoms with E-state index in [2.05, 4.69) is 28.2 Å². The minimum Gasteiger partial charge on any atom is -0.348 e. The van der Waals surface area contributed by atoms with Gasteiger partial charge in [-0.15, -0.1) is 0 Å². The molecule has 0 unspecified atom stereocenters. The van der Waals surface area contributed by atoms with Gasteiger partial charge < -0.3 is 4.98 Å². The summed E-state index contributed by atoms with van der Waals surface area (Å²) in [5, 5.41) is 0. The summed E-state index contributed by atoms with van der Waals surface area (Å²) in [6, 6.07) is 6.83. The van der Waals surface area contributed by atoms with Gasteiger partial charge in [-0.2, -0.15) is 0 Å². The zero-order valence-electron chi connectivity index (χ0n) is 9.87. The van der Waals surface area contributed by atoms with Crippen molar-refractivity contribution < 1.29 is 0 Å². The van der Waals surface area contributed by atoms with Crippen molar-refractivity contribution >= 4 is 0 Å². The van der Waals surface area contributed by atoms with Crippen LogP contribution < -0.4 is 0 Å². The van der Waals surface area contributed by atoms with Crippen LogP contribution in [0.5, 0.6) is 0 Å². The van der Waals surface area contributed by atoms with Gasteiger partial charge in [0.1, 0.15) is 0 Å². The average molecular weight is 224 g/mol. The minimum atomic E-state index is 0.575. The predicted octanol–water partition coefficient (Wildman–Crippen LogP) is 2.98. The Labute approximate surface area is 101 Å². The number of aromatic nitrogens is 2. The Bertz CT molecular complexity index is 550. The number of hydrogen-bond acceptors (Lipinski definition) is 1. The molecule has 1 saturated carbocycles. The fraction of sp³-hybridized carbons (Fsp3) is 0.400. The molecular formula is C15H16N2. The second kappa shape index (κ2) is 3.22. The van der Waals surface area contributed by atoms with Crippen LogP contribution in [0.15, 0.2) is 30.7 Å². The topological polar surface area (TPSA) is 28.7 Å². The monoisotopic (exact) mass is 224 g/mol. The fourth-order valence-electron chi connectivity index (χ4n) is 3.43. The first-order valence-electron chi connectivity index (χ1n) is 6.46. The molecule has 1 N–H and O–H groups in total. The Kier molecular flexibility index (Phi) is 1.79. The number of rotatable bonds is 2. The number of fused-ring (bicyclic) bond motifs is 2. The Hall–Kier alpha value is -1.57. The van der Waals surface area contributed by atoms with Crippen LogP contribution in [0.1, 0.15) is 41.6 Å². The van der Waals surface area contributed by atoms with E-state index in [9.17, 15) is 0 Å². The molecular weight excluding hydrogens is 208 g/mol. The van der Waals surface area contributed by atoms with Crippen LogP contribution in [0.3, 0.4) is 0 Å². The first kappa shape index (κ1) is 9.46. The Morgan fingerprint density at radius 3 is 2.94 bits per heavy atom. The molecule has 0 aliphatic heterocycles. The van der Waals surface area contributed by atoms with Crippen molar-refractivity contribution in [2.45, 2.75) is 37.5 Å². The molecule has 0 radical (unpaired) electrons. The standard InChI is InChI=1S/C15H16N2/c1-2-11-4-5-15(6-7-15)14(11)12(3-1)8-13-9-16-10-17-13/h1-3,9-10H,4-8H2,(H,16,17). The van der Waals surface area contributed by atoms with E-state index in [1.54, 1.807) is 17.5 Å². The van der Waals surface area contributed by atoms with E-state index >= 15 is 0 Å². The molecule has 1 heterocycles. The molecule has 2 nitrogen and oxygen atoms in total. The summed E-state index contributed by atoms with van der Waals surface area (Å²) in [5.41, 5.74) is 6.59. The van der Waals surface area contributed by atoms with Gasteiger partial charge >= 0.3 is 0 Å². The van der Waals surface area contributed by atoms with E-state index < -0.39 is 0 Å². The normalized spacial score (nSPS) is 19.5. The summed E-state index contributed by atoms with van der Waals surface area (Å²) in [4.78, 5) is 7.32. The van der Waals surface area contributed by atoms with Gasteiger partial charge in [-0.05, 0) is 47.8 Å². The van der Waals surface area contributed by atoms with Gasteiger partial charge in [-0.1, -0.05) is 18.2 Å². The molecule has 1 fully saturated rings. The van der Waals surface area contributed by atoms with E-state index in [4.69, 9.17) is 0 Å². The number of benzene rings is 1. The molecule has 0 atom stereocenters. The van der Waals surface area contributed by atoms with Crippen LogP contribution in [0.4, 0.5) is 0 Å². The lowest BCUT2D eigenvalue weighted by molar-refractivity contribution is 0.675. The minimum absolute atomic E-state index is 0.575. The number of H-pyrrole nitrogens is 1. The zero-order valence-corrected chi connectivity index (χ0v) is 9.87. The maximum Gasteiger partial charge on any atom is 0.0921 e. The third kappa shape index (κ3) is 1.36. The first-order valence-corrected chi connectivity index (χ1v) is 6.46. The molecule has 4 rings (SSSR count). The van der Waals surface area contributed by atoms with Crippen LogP contribution in [0.2, 0.25) is 0 Å². The lowest BCUT2D eigenvalue weighted by Crippen LogP contribution is -2.05. The number of nitrogens with zero attached hydrogens (tertiary/aromatic N) is 1. The predicted molar refractivity (Wildman–Crippen MR) is 67.1 cm³/mol. The number of hydrogen-bond donors (Lipinski definition) is 1. The average Bonchev–Trinajstić information content (AvgIpc) is 2.77. The number of imidazole rings is 1. The summed E-state index contributed by atoms with van der Waals surface area (Å²) in [6.45, 7) is 0. The van der Waals surface area contributed by atoms with Crippen molar-refractivity contribution in [1.29, 1.82) is 0 Å². The largest absolute Gasteiger partial charge is 0.348 e. The van der Waals surface area contributed by atoms with Crippen molar-refractivity contribution in [1.82, 2.24) is 9.97 Å². The molecule has 1 spiro atoms. The number of aromatic amines is 1. The SMILES string of the molecule is c1cc2c(c(Cc3cnc[nH]3)c1)C1(CC2)CC1. The van der Waals surface area contributed by atoms with Gasteiger partial charge in [0.15, 0.2) is 0 Å². The quantitative estimate of drug-likeness (QED) is 0.834. The van der Waals surface area contributed by atoms with Crippen LogP contribution in [0, 0.1) is 0 Å². The van der Waals surface area contributed by atoms with Gasteiger partial charge in [-0.3, -0.25) is 0 Å². The molecule has 17 heavy (non-hydrogen) atoms. The molecule has 0 saturated heterocycles. The maximum atomic E-state index is 4.11. The number of nitrogens with one attached hydrogen (secondary N) is 1. The highest BCUT2D eigenvalue weighted by Gasteiger charge is 2.49.